The largest absolute Gasteiger partial charge is 0.497 e. The Morgan fingerprint density at radius 1 is 1.09 bits per heavy atom. The van der Waals surface area contributed by atoms with Crippen LogP contribution in [0.1, 0.15) is 43.0 Å². The molecule has 1 aromatic heterocycles. The molecule has 1 fully saturated rings. The number of benzene rings is 1. The van der Waals surface area contributed by atoms with E-state index >= 15 is 0 Å². The quantitative estimate of drug-likeness (QED) is 0.183. The van der Waals surface area contributed by atoms with Gasteiger partial charge in [0.1, 0.15) is 11.6 Å². The lowest BCUT2D eigenvalue weighted by Gasteiger charge is -2.21. The van der Waals surface area contributed by atoms with Crippen molar-refractivity contribution in [2.24, 2.45) is 4.99 Å². The SMILES string of the molecule is CCOCCCNC(=NCc1ccc(OC)cc1)NCc1ccc(C)nc1N1CCCC1.I. The molecule has 0 saturated carbocycles. The van der Waals surface area contributed by atoms with Crippen LogP contribution < -0.4 is 20.3 Å². The van der Waals surface area contributed by atoms with Gasteiger partial charge < -0.3 is 25.0 Å². The summed E-state index contributed by atoms with van der Waals surface area (Å²) >= 11 is 0. The lowest BCUT2D eigenvalue weighted by atomic mass is 10.2. The van der Waals surface area contributed by atoms with Crippen LogP contribution in [0.3, 0.4) is 0 Å². The molecular weight excluding hydrogens is 529 g/mol. The predicted octanol–water partition coefficient (Wildman–Crippen LogP) is 4.28. The average Bonchev–Trinajstić information content (AvgIpc) is 3.36. The minimum Gasteiger partial charge on any atom is -0.497 e. The molecule has 7 nitrogen and oxygen atoms in total. The molecule has 0 spiro atoms. The summed E-state index contributed by atoms with van der Waals surface area (Å²) < 4.78 is 10.7. The lowest BCUT2D eigenvalue weighted by molar-refractivity contribution is 0.145. The van der Waals surface area contributed by atoms with Crippen LogP contribution in [0.25, 0.3) is 0 Å². The highest BCUT2D eigenvalue weighted by molar-refractivity contribution is 14.0. The minimum absolute atomic E-state index is 0. The molecule has 0 aliphatic carbocycles. The van der Waals surface area contributed by atoms with Gasteiger partial charge in [0, 0.05) is 50.7 Å². The van der Waals surface area contributed by atoms with E-state index in [1.165, 1.54) is 18.4 Å². The molecule has 0 bridgehead atoms. The smallest absolute Gasteiger partial charge is 0.191 e. The van der Waals surface area contributed by atoms with Gasteiger partial charge in [-0.25, -0.2) is 9.98 Å². The van der Waals surface area contributed by atoms with Crippen LogP contribution in [0.15, 0.2) is 41.4 Å². The highest BCUT2D eigenvalue weighted by Gasteiger charge is 2.17. The highest BCUT2D eigenvalue weighted by Crippen LogP contribution is 2.23. The third kappa shape index (κ3) is 9.00. The van der Waals surface area contributed by atoms with Crippen molar-refractivity contribution in [1.29, 1.82) is 0 Å². The molecule has 33 heavy (non-hydrogen) atoms. The van der Waals surface area contributed by atoms with E-state index in [2.05, 4.69) is 34.6 Å². The number of rotatable bonds is 11. The van der Waals surface area contributed by atoms with Gasteiger partial charge in [-0.3, -0.25) is 0 Å². The molecule has 8 heteroatoms. The van der Waals surface area contributed by atoms with Crippen LogP contribution in [0.5, 0.6) is 5.75 Å². The van der Waals surface area contributed by atoms with Gasteiger partial charge in [0.2, 0.25) is 0 Å². The number of ether oxygens (including phenoxy) is 2. The van der Waals surface area contributed by atoms with Crippen molar-refractivity contribution in [2.45, 2.75) is 46.2 Å². The van der Waals surface area contributed by atoms with Crippen molar-refractivity contribution in [3.63, 3.8) is 0 Å². The van der Waals surface area contributed by atoms with Gasteiger partial charge in [0.15, 0.2) is 5.96 Å². The van der Waals surface area contributed by atoms with Gasteiger partial charge in [-0.2, -0.15) is 0 Å². The van der Waals surface area contributed by atoms with Crippen molar-refractivity contribution in [2.75, 3.05) is 44.9 Å². The fraction of sp³-hybridized carbons (Fsp3) is 0.520. The number of nitrogens with one attached hydrogen (secondary N) is 2. The predicted molar refractivity (Wildman–Crippen MR) is 146 cm³/mol. The van der Waals surface area contributed by atoms with Crippen molar-refractivity contribution in [3.8, 4) is 5.75 Å². The summed E-state index contributed by atoms with van der Waals surface area (Å²) in [5.41, 5.74) is 3.39. The zero-order chi connectivity index (χ0) is 22.6. The van der Waals surface area contributed by atoms with Gasteiger partial charge in [-0.15, -0.1) is 24.0 Å². The molecule has 2 N–H and O–H groups in total. The molecule has 0 amide bonds. The summed E-state index contributed by atoms with van der Waals surface area (Å²) in [6, 6.07) is 12.3. The molecule has 1 saturated heterocycles. The molecule has 182 valence electrons. The summed E-state index contributed by atoms with van der Waals surface area (Å²) in [7, 11) is 1.68. The highest BCUT2D eigenvalue weighted by atomic mass is 127. The second-order valence-corrected chi connectivity index (χ2v) is 7.97. The Balaban J connectivity index is 0.00000385. The third-order valence-electron chi connectivity index (χ3n) is 5.49. The topological polar surface area (TPSA) is 71.0 Å². The van der Waals surface area contributed by atoms with Crippen LogP contribution in [-0.4, -0.2) is 50.9 Å². The van der Waals surface area contributed by atoms with E-state index in [1.54, 1.807) is 7.11 Å². The van der Waals surface area contributed by atoms with Gasteiger partial charge >= 0.3 is 0 Å². The van der Waals surface area contributed by atoms with Crippen LogP contribution in [0.4, 0.5) is 5.82 Å². The number of hydrogen-bond acceptors (Lipinski definition) is 5. The second kappa shape index (κ2) is 15.0. The first-order chi connectivity index (χ1) is 15.7. The monoisotopic (exact) mass is 567 g/mol. The molecule has 0 atom stereocenters. The molecule has 1 aliphatic heterocycles. The van der Waals surface area contributed by atoms with E-state index in [9.17, 15) is 0 Å². The Hall–Kier alpha value is -2.07. The standard InChI is InChI=1S/C25H37N5O2.HI/c1-4-32-17-7-14-26-25(27-18-21-9-12-23(31-3)13-10-21)28-19-22-11-8-20(2)29-24(22)30-15-5-6-16-30;/h8-13H,4-7,14-19H2,1-3H3,(H2,26,27,28);1H. The Kier molecular flexibility index (Phi) is 12.3. The molecular formula is C25H38IN5O2. The molecule has 1 aromatic carbocycles. The lowest BCUT2D eigenvalue weighted by Crippen LogP contribution is -2.38. The van der Waals surface area contributed by atoms with Gasteiger partial charge in [-0.1, -0.05) is 18.2 Å². The number of methoxy groups -OCH3 is 1. The Labute approximate surface area is 215 Å². The number of pyridine rings is 1. The first kappa shape index (κ1) is 27.2. The van der Waals surface area contributed by atoms with Crippen LogP contribution >= 0.6 is 24.0 Å². The summed E-state index contributed by atoms with van der Waals surface area (Å²) in [5.74, 6) is 2.75. The maximum Gasteiger partial charge on any atom is 0.191 e. The van der Waals surface area contributed by atoms with E-state index in [-0.39, 0.29) is 24.0 Å². The van der Waals surface area contributed by atoms with Crippen LogP contribution in [-0.2, 0) is 17.8 Å². The van der Waals surface area contributed by atoms with E-state index in [1.807, 2.05) is 31.2 Å². The minimum atomic E-state index is 0. The fourth-order valence-electron chi connectivity index (χ4n) is 3.69. The number of anilines is 1. The van der Waals surface area contributed by atoms with Crippen molar-refractivity contribution in [3.05, 3.63) is 53.2 Å². The van der Waals surface area contributed by atoms with E-state index < -0.39 is 0 Å². The van der Waals surface area contributed by atoms with E-state index in [0.29, 0.717) is 13.1 Å². The number of aromatic nitrogens is 1. The van der Waals surface area contributed by atoms with Gasteiger partial charge in [0.25, 0.3) is 0 Å². The van der Waals surface area contributed by atoms with Crippen LogP contribution in [0.2, 0.25) is 0 Å². The number of halogens is 1. The first-order valence-electron chi connectivity index (χ1n) is 11.6. The Morgan fingerprint density at radius 2 is 1.85 bits per heavy atom. The average molecular weight is 568 g/mol. The van der Waals surface area contributed by atoms with E-state index in [4.69, 9.17) is 19.5 Å². The molecule has 1 aliphatic rings. The first-order valence-corrected chi connectivity index (χ1v) is 11.6. The molecule has 3 rings (SSSR count). The summed E-state index contributed by atoms with van der Waals surface area (Å²) in [6.07, 6.45) is 3.40. The molecule has 0 radical (unpaired) electrons. The fourth-order valence-corrected chi connectivity index (χ4v) is 3.69. The number of nitrogens with zero attached hydrogens (tertiary/aromatic N) is 3. The molecule has 0 unspecified atom stereocenters. The number of aliphatic imine (C=N–C) groups is 1. The third-order valence-corrected chi connectivity index (χ3v) is 5.49. The zero-order valence-corrected chi connectivity index (χ0v) is 22.4. The van der Waals surface area contributed by atoms with Gasteiger partial charge in [0.05, 0.1) is 13.7 Å². The van der Waals surface area contributed by atoms with E-state index in [0.717, 1.165) is 68.1 Å². The van der Waals surface area contributed by atoms with Gasteiger partial charge in [-0.05, 0) is 56.9 Å². The number of aryl methyl sites for hydroxylation is 1. The summed E-state index contributed by atoms with van der Waals surface area (Å²) in [4.78, 5) is 12.0. The zero-order valence-electron chi connectivity index (χ0n) is 20.1. The number of hydrogen-bond donors (Lipinski definition) is 2. The van der Waals surface area contributed by atoms with Crippen molar-refractivity contribution < 1.29 is 9.47 Å². The summed E-state index contributed by atoms with van der Waals surface area (Å²) in [5, 5.41) is 6.95. The summed E-state index contributed by atoms with van der Waals surface area (Å²) in [6.45, 7) is 9.80. The maximum absolute atomic E-state index is 5.45. The number of guanidine groups is 1. The normalized spacial score (nSPS) is 13.5. The molecule has 2 aromatic rings. The second-order valence-electron chi connectivity index (χ2n) is 7.97. The Morgan fingerprint density at radius 3 is 2.55 bits per heavy atom. The van der Waals surface area contributed by atoms with Crippen molar-refractivity contribution in [1.82, 2.24) is 15.6 Å². The van der Waals surface area contributed by atoms with Crippen LogP contribution in [0, 0.1) is 6.92 Å². The Bertz CT molecular complexity index is 854. The molecule has 2 heterocycles. The van der Waals surface area contributed by atoms with Crippen molar-refractivity contribution >= 4 is 35.8 Å². The maximum atomic E-state index is 5.45.